The molecule has 0 radical (unpaired) electrons. The predicted molar refractivity (Wildman–Crippen MR) is 75.3 cm³/mol. The number of hydrazone groups is 1. The lowest BCUT2D eigenvalue weighted by molar-refractivity contribution is 0.0954. The van der Waals surface area contributed by atoms with Crippen LogP contribution in [-0.2, 0) is 0 Å². The minimum atomic E-state index is -0.496. The Balaban J connectivity index is 2.11. The molecule has 0 saturated heterocycles. The molecule has 1 aromatic heterocycles. The highest BCUT2D eigenvalue weighted by Crippen LogP contribution is 2.16. The third-order valence-corrected chi connectivity index (χ3v) is 2.89. The summed E-state index contributed by atoms with van der Waals surface area (Å²) in [5.41, 5.74) is 4.02. The Hall–Kier alpha value is -2.27. The van der Waals surface area contributed by atoms with E-state index in [1.807, 2.05) is 0 Å². The van der Waals surface area contributed by atoms with E-state index in [4.69, 9.17) is 11.6 Å². The summed E-state index contributed by atoms with van der Waals surface area (Å²) in [5, 5.41) is 3.97. The largest absolute Gasteiger partial charge is 0.271 e. The monoisotopic (exact) mass is 291 g/mol. The van der Waals surface area contributed by atoms with Gasteiger partial charge in [0.25, 0.3) is 5.91 Å². The first kappa shape index (κ1) is 14.1. The highest BCUT2D eigenvalue weighted by atomic mass is 35.5. The van der Waals surface area contributed by atoms with E-state index in [1.54, 1.807) is 25.1 Å². The fraction of sp³-hybridized carbons (Fsp3) is 0.0714. The number of amides is 1. The van der Waals surface area contributed by atoms with Crippen LogP contribution in [0.25, 0.3) is 0 Å². The number of carbonyl (C=O) groups is 1. The van der Waals surface area contributed by atoms with Gasteiger partial charge < -0.3 is 0 Å². The molecule has 2 aromatic rings. The lowest BCUT2D eigenvalue weighted by Gasteiger charge is -2.04. The van der Waals surface area contributed by atoms with Crippen molar-refractivity contribution in [1.29, 1.82) is 0 Å². The van der Waals surface area contributed by atoms with Gasteiger partial charge in [0.1, 0.15) is 5.82 Å². The van der Waals surface area contributed by atoms with Crippen molar-refractivity contribution in [1.82, 2.24) is 10.4 Å². The number of pyridine rings is 1. The smallest absolute Gasteiger partial charge is 0.267 e. The molecule has 0 atom stereocenters. The Morgan fingerprint density at radius 3 is 2.60 bits per heavy atom. The van der Waals surface area contributed by atoms with Gasteiger partial charge in [-0.2, -0.15) is 5.10 Å². The first-order valence-electron chi connectivity index (χ1n) is 5.78. The topological polar surface area (TPSA) is 54.4 Å². The van der Waals surface area contributed by atoms with Gasteiger partial charge in [-0.05, 0) is 36.8 Å². The Morgan fingerprint density at radius 1 is 1.25 bits per heavy atom. The number of halogens is 2. The molecule has 0 spiro atoms. The molecule has 1 amide bonds. The van der Waals surface area contributed by atoms with Crippen LogP contribution in [0.4, 0.5) is 4.39 Å². The minimum Gasteiger partial charge on any atom is -0.267 e. The molecule has 1 N–H and O–H groups in total. The molecule has 2 rings (SSSR count). The molecule has 6 heteroatoms. The number of hydrogen-bond donors (Lipinski definition) is 1. The van der Waals surface area contributed by atoms with Crippen molar-refractivity contribution >= 4 is 23.2 Å². The number of hydrogen-bond acceptors (Lipinski definition) is 3. The second kappa shape index (κ2) is 6.25. The first-order valence-corrected chi connectivity index (χ1v) is 6.16. The van der Waals surface area contributed by atoms with Crippen LogP contribution < -0.4 is 5.43 Å². The zero-order chi connectivity index (χ0) is 14.5. The summed E-state index contributed by atoms with van der Waals surface area (Å²) in [4.78, 5) is 15.6. The van der Waals surface area contributed by atoms with Crippen molar-refractivity contribution in [3.05, 3.63) is 64.7 Å². The third kappa shape index (κ3) is 3.39. The molecular weight excluding hydrogens is 281 g/mol. The number of nitrogens with zero attached hydrogens (tertiary/aromatic N) is 2. The molecule has 0 fully saturated rings. The molecule has 0 aliphatic carbocycles. The van der Waals surface area contributed by atoms with E-state index >= 15 is 0 Å². The molecular formula is C14H11ClFN3O. The SMILES string of the molecule is CC(=NNC(=O)c1ccncc1)c1ccc(F)c(Cl)c1. The molecule has 0 unspecified atom stereocenters. The molecule has 4 nitrogen and oxygen atoms in total. The van der Waals surface area contributed by atoms with Crippen LogP contribution in [0.2, 0.25) is 5.02 Å². The van der Waals surface area contributed by atoms with Crippen molar-refractivity contribution in [3.63, 3.8) is 0 Å². The quantitative estimate of drug-likeness (QED) is 0.698. The van der Waals surface area contributed by atoms with Crippen LogP contribution in [0.3, 0.4) is 0 Å². The molecule has 0 aliphatic heterocycles. The third-order valence-electron chi connectivity index (χ3n) is 2.61. The second-order valence-electron chi connectivity index (χ2n) is 4.00. The average Bonchev–Trinajstić information content (AvgIpc) is 2.48. The number of nitrogens with one attached hydrogen (secondary N) is 1. The van der Waals surface area contributed by atoms with Gasteiger partial charge in [0.2, 0.25) is 0 Å². The van der Waals surface area contributed by atoms with Gasteiger partial charge in [-0.1, -0.05) is 17.7 Å². The summed E-state index contributed by atoms with van der Waals surface area (Å²) in [6.07, 6.45) is 3.04. The zero-order valence-corrected chi connectivity index (χ0v) is 11.4. The molecule has 0 aliphatic rings. The van der Waals surface area contributed by atoms with E-state index in [0.29, 0.717) is 16.8 Å². The summed E-state index contributed by atoms with van der Waals surface area (Å²) < 4.78 is 13.1. The molecule has 1 aromatic carbocycles. The highest BCUT2D eigenvalue weighted by molar-refractivity contribution is 6.31. The molecule has 1 heterocycles. The predicted octanol–water partition coefficient (Wildman–Crippen LogP) is 3.03. The van der Waals surface area contributed by atoms with Crippen LogP contribution in [0.1, 0.15) is 22.8 Å². The Kier molecular flexibility index (Phi) is 4.42. The van der Waals surface area contributed by atoms with E-state index in [9.17, 15) is 9.18 Å². The number of rotatable bonds is 3. The van der Waals surface area contributed by atoms with Crippen LogP contribution in [0.15, 0.2) is 47.8 Å². The minimum absolute atomic E-state index is 0.0116. The number of benzene rings is 1. The average molecular weight is 292 g/mol. The fourth-order valence-corrected chi connectivity index (χ4v) is 1.67. The normalized spacial score (nSPS) is 11.2. The highest BCUT2D eigenvalue weighted by Gasteiger charge is 2.06. The van der Waals surface area contributed by atoms with Crippen molar-refractivity contribution < 1.29 is 9.18 Å². The summed E-state index contributed by atoms with van der Waals surface area (Å²) in [6, 6.07) is 7.40. The lowest BCUT2D eigenvalue weighted by Crippen LogP contribution is -2.19. The van der Waals surface area contributed by atoms with E-state index in [2.05, 4.69) is 15.5 Å². The zero-order valence-electron chi connectivity index (χ0n) is 10.6. The van der Waals surface area contributed by atoms with E-state index in [-0.39, 0.29) is 10.9 Å². The summed E-state index contributed by atoms with van der Waals surface area (Å²) >= 11 is 5.69. The molecule has 102 valence electrons. The standard InChI is InChI=1S/C14H11ClFN3O/c1-9(11-2-3-13(16)12(15)8-11)18-19-14(20)10-4-6-17-7-5-10/h2-8H,1H3,(H,19,20). The first-order chi connectivity index (χ1) is 9.58. The molecule has 0 saturated carbocycles. The van der Waals surface area contributed by atoms with Gasteiger partial charge >= 0.3 is 0 Å². The van der Waals surface area contributed by atoms with Crippen molar-refractivity contribution in [3.8, 4) is 0 Å². The van der Waals surface area contributed by atoms with Gasteiger partial charge in [0.15, 0.2) is 0 Å². The van der Waals surface area contributed by atoms with Crippen molar-refractivity contribution in [2.45, 2.75) is 6.92 Å². The Morgan fingerprint density at radius 2 is 1.95 bits per heavy atom. The summed E-state index contributed by atoms with van der Waals surface area (Å²) in [5.74, 6) is -0.844. The maximum absolute atomic E-state index is 13.1. The maximum atomic E-state index is 13.1. The van der Waals surface area contributed by atoms with Gasteiger partial charge in [-0.3, -0.25) is 9.78 Å². The van der Waals surface area contributed by atoms with Gasteiger partial charge in [-0.25, -0.2) is 9.82 Å². The molecule has 20 heavy (non-hydrogen) atoms. The van der Waals surface area contributed by atoms with Gasteiger partial charge in [-0.15, -0.1) is 0 Å². The van der Waals surface area contributed by atoms with Crippen LogP contribution in [-0.4, -0.2) is 16.6 Å². The maximum Gasteiger partial charge on any atom is 0.271 e. The molecule has 0 bridgehead atoms. The fourth-order valence-electron chi connectivity index (χ4n) is 1.49. The summed E-state index contributed by atoms with van der Waals surface area (Å²) in [7, 11) is 0. The van der Waals surface area contributed by atoms with Crippen molar-refractivity contribution in [2.75, 3.05) is 0 Å². The van der Waals surface area contributed by atoms with Crippen LogP contribution in [0.5, 0.6) is 0 Å². The van der Waals surface area contributed by atoms with E-state index < -0.39 is 5.82 Å². The van der Waals surface area contributed by atoms with E-state index in [1.165, 1.54) is 24.5 Å². The summed E-state index contributed by atoms with van der Waals surface area (Å²) in [6.45, 7) is 1.69. The van der Waals surface area contributed by atoms with Crippen LogP contribution in [0, 0.1) is 5.82 Å². The van der Waals surface area contributed by atoms with Crippen LogP contribution >= 0.6 is 11.6 Å². The van der Waals surface area contributed by atoms with Gasteiger partial charge in [0, 0.05) is 18.0 Å². The second-order valence-corrected chi connectivity index (χ2v) is 4.41. The Labute approximate surface area is 120 Å². The Bertz CT molecular complexity index is 659. The number of aromatic nitrogens is 1. The van der Waals surface area contributed by atoms with E-state index in [0.717, 1.165) is 0 Å². The number of carbonyl (C=O) groups excluding carboxylic acids is 1. The lowest BCUT2D eigenvalue weighted by atomic mass is 10.1. The van der Waals surface area contributed by atoms with Crippen molar-refractivity contribution in [2.24, 2.45) is 5.10 Å². The van der Waals surface area contributed by atoms with Gasteiger partial charge in [0.05, 0.1) is 10.7 Å².